The van der Waals surface area contributed by atoms with E-state index < -0.39 is 20.3 Å². The van der Waals surface area contributed by atoms with Gasteiger partial charge in [-0.3, -0.25) is 0 Å². The van der Waals surface area contributed by atoms with Crippen molar-refractivity contribution in [3.63, 3.8) is 0 Å². The van der Waals surface area contributed by atoms with Gasteiger partial charge in [0.2, 0.25) is 0 Å². The second kappa shape index (κ2) is 22.1. The normalized spacial score (nSPS) is 17.5. The van der Waals surface area contributed by atoms with Gasteiger partial charge in [0, 0.05) is 0 Å². The third-order valence-corrected chi connectivity index (χ3v) is 23.3. The van der Waals surface area contributed by atoms with Crippen molar-refractivity contribution in [1.29, 1.82) is 0 Å². The predicted octanol–water partition coefficient (Wildman–Crippen LogP) is 12.7. The van der Waals surface area contributed by atoms with Gasteiger partial charge in [-0.2, -0.15) is 0 Å². The Kier molecular flexibility index (Phi) is 22.7. The molecule has 0 saturated heterocycles. The molecule has 33 heavy (non-hydrogen) atoms. The first-order valence-electron chi connectivity index (χ1n) is 16.0. The van der Waals surface area contributed by atoms with E-state index in [2.05, 4.69) is 55.4 Å². The van der Waals surface area contributed by atoms with E-state index in [0.717, 1.165) is 23.7 Å². The number of hydrogen-bond donors (Lipinski definition) is 0. The van der Waals surface area contributed by atoms with Crippen LogP contribution in [0.4, 0.5) is 0 Å². The average Bonchev–Trinajstić information content (AvgIpc) is 2.84. The summed E-state index contributed by atoms with van der Waals surface area (Å²) in [5.41, 5.74) is 0. The summed E-state index contributed by atoms with van der Waals surface area (Å²) in [6.07, 6.45) is 23.3. The van der Waals surface area contributed by atoms with Crippen molar-refractivity contribution in [2.24, 2.45) is 23.7 Å². The summed E-state index contributed by atoms with van der Waals surface area (Å²) in [5, 5.41) is 0. The fourth-order valence-electron chi connectivity index (χ4n) is 6.72. The standard InChI is InChI=1S/4C8H17.Zr/c4*1-4-6-7-8(3)5-2;/h4*8H,3-7H2,1-2H3;. The van der Waals surface area contributed by atoms with Gasteiger partial charge in [0.1, 0.15) is 0 Å². The van der Waals surface area contributed by atoms with E-state index in [1.165, 1.54) is 103 Å². The molecule has 0 rings (SSSR count). The van der Waals surface area contributed by atoms with Gasteiger partial charge in [0.05, 0.1) is 0 Å². The molecule has 0 spiro atoms. The first-order chi connectivity index (χ1) is 16.0. The summed E-state index contributed by atoms with van der Waals surface area (Å²) < 4.78 is 6.94. The van der Waals surface area contributed by atoms with E-state index in [9.17, 15) is 0 Å². The molecular weight excluding hydrogens is 476 g/mol. The molecule has 0 saturated carbocycles. The molecule has 0 heterocycles. The molecule has 4 unspecified atom stereocenters. The molecule has 0 radical (unpaired) electrons. The van der Waals surface area contributed by atoms with Crippen molar-refractivity contribution in [2.45, 2.75) is 175 Å². The summed E-state index contributed by atoms with van der Waals surface area (Å²) in [7, 11) is 0. The zero-order valence-electron chi connectivity index (χ0n) is 25.0. The van der Waals surface area contributed by atoms with Crippen LogP contribution in [0.3, 0.4) is 0 Å². The Labute approximate surface area is 217 Å². The van der Waals surface area contributed by atoms with Crippen LogP contribution in [-0.2, 0) is 20.3 Å². The minimum atomic E-state index is -2.32. The van der Waals surface area contributed by atoms with Gasteiger partial charge in [-0.05, 0) is 0 Å². The Morgan fingerprint density at radius 1 is 0.364 bits per heavy atom. The molecule has 1 heteroatoms. The average molecular weight is 544 g/mol. The van der Waals surface area contributed by atoms with Gasteiger partial charge in [0.25, 0.3) is 0 Å². The fourth-order valence-corrected chi connectivity index (χ4v) is 26.1. The maximum absolute atomic E-state index is 2.52. The molecular formula is C32H68Zr. The molecule has 0 aromatic rings. The third kappa shape index (κ3) is 15.6. The van der Waals surface area contributed by atoms with Gasteiger partial charge in [-0.15, -0.1) is 0 Å². The van der Waals surface area contributed by atoms with Crippen LogP contribution in [-0.4, -0.2) is 0 Å². The number of rotatable bonds is 24. The van der Waals surface area contributed by atoms with E-state index >= 15 is 0 Å². The van der Waals surface area contributed by atoms with Crippen molar-refractivity contribution in [3.05, 3.63) is 0 Å². The zero-order chi connectivity index (χ0) is 25.0. The molecule has 0 bridgehead atoms. The Hall–Kier alpha value is 0.883. The van der Waals surface area contributed by atoms with E-state index in [1.807, 2.05) is 0 Å². The SMILES string of the molecule is CCCCC(CC)[CH2][Zr]([CH2]C(CC)CCCC)([CH2]C(CC)CCCC)[CH2]C(CC)CCCC. The minimum absolute atomic E-state index is 1.04. The van der Waals surface area contributed by atoms with Crippen LogP contribution in [0.25, 0.3) is 0 Å². The maximum atomic E-state index is 2.52. The molecule has 0 aliphatic carbocycles. The summed E-state index contributed by atoms with van der Waals surface area (Å²) >= 11 is -2.32. The van der Waals surface area contributed by atoms with Crippen molar-refractivity contribution in [3.8, 4) is 0 Å². The Morgan fingerprint density at radius 3 is 0.727 bits per heavy atom. The third-order valence-electron chi connectivity index (χ3n) is 9.06. The zero-order valence-corrected chi connectivity index (χ0v) is 27.4. The number of unbranched alkanes of at least 4 members (excludes halogenated alkanes) is 4. The molecule has 4 atom stereocenters. The molecule has 200 valence electrons. The molecule has 0 nitrogen and oxygen atoms in total. The van der Waals surface area contributed by atoms with E-state index in [1.54, 1.807) is 16.5 Å². The van der Waals surface area contributed by atoms with Crippen LogP contribution in [0.5, 0.6) is 0 Å². The summed E-state index contributed by atoms with van der Waals surface area (Å²) in [6.45, 7) is 19.7. The summed E-state index contributed by atoms with van der Waals surface area (Å²) in [4.78, 5) is 0. The first kappa shape index (κ1) is 33.9. The van der Waals surface area contributed by atoms with Gasteiger partial charge >= 0.3 is 219 Å². The first-order valence-corrected chi connectivity index (χ1v) is 22.9. The Bertz CT molecular complexity index is 326. The van der Waals surface area contributed by atoms with Gasteiger partial charge in [-0.1, -0.05) is 0 Å². The molecule has 0 fully saturated rings. The molecule has 0 aliphatic rings. The molecule has 0 N–H and O–H groups in total. The monoisotopic (exact) mass is 542 g/mol. The van der Waals surface area contributed by atoms with Crippen LogP contribution in [0.15, 0.2) is 0 Å². The van der Waals surface area contributed by atoms with E-state index in [-0.39, 0.29) is 0 Å². The van der Waals surface area contributed by atoms with Crippen LogP contribution < -0.4 is 0 Å². The summed E-state index contributed by atoms with van der Waals surface area (Å²) in [6, 6.07) is 0. The second-order valence-electron chi connectivity index (χ2n) is 12.0. The van der Waals surface area contributed by atoms with Crippen molar-refractivity contribution in [1.82, 2.24) is 0 Å². The summed E-state index contributed by atoms with van der Waals surface area (Å²) in [5.74, 6) is 4.15. The van der Waals surface area contributed by atoms with Crippen molar-refractivity contribution < 1.29 is 20.3 Å². The van der Waals surface area contributed by atoms with Crippen molar-refractivity contribution >= 4 is 0 Å². The van der Waals surface area contributed by atoms with Gasteiger partial charge in [-0.25, -0.2) is 0 Å². The quantitative estimate of drug-likeness (QED) is 0.113. The topological polar surface area (TPSA) is 0 Å². The van der Waals surface area contributed by atoms with Crippen LogP contribution >= 0.6 is 0 Å². The fraction of sp³-hybridized carbons (Fsp3) is 1.00. The van der Waals surface area contributed by atoms with Gasteiger partial charge < -0.3 is 0 Å². The van der Waals surface area contributed by atoms with Crippen molar-refractivity contribution in [2.75, 3.05) is 0 Å². The molecule has 0 aromatic heterocycles. The second-order valence-corrected chi connectivity index (χ2v) is 23.4. The predicted molar refractivity (Wildman–Crippen MR) is 152 cm³/mol. The van der Waals surface area contributed by atoms with Crippen LogP contribution in [0.1, 0.15) is 158 Å². The Morgan fingerprint density at radius 2 is 0.576 bits per heavy atom. The van der Waals surface area contributed by atoms with E-state index in [4.69, 9.17) is 0 Å². The van der Waals surface area contributed by atoms with E-state index in [0.29, 0.717) is 0 Å². The molecule has 0 aromatic carbocycles. The Balaban J connectivity index is 6.06. The van der Waals surface area contributed by atoms with Crippen LogP contribution in [0, 0.1) is 23.7 Å². The van der Waals surface area contributed by atoms with Gasteiger partial charge in [0.15, 0.2) is 0 Å². The molecule has 0 amide bonds. The van der Waals surface area contributed by atoms with Crippen LogP contribution in [0.2, 0.25) is 16.5 Å². The number of hydrogen-bond acceptors (Lipinski definition) is 0. The molecule has 0 aliphatic heterocycles.